The zero-order valence-electron chi connectivity index (χ0n) is 14.9. The van der Waals surface area contributed by atoms with Gasteiger partial charge in [-0.25, -0.2) is 0 Å². The molecule has 0 saturated carbocycles. The van der Waals surface area contributed by atoms with E-state index in [0.29, 0.717) is 5.69 Å². The van der Waals surface area contributed by atoms with Gasteiger partial charge < -0.3 is 10.1 Å². The van der Waals surface area contributed by atoms with Crippen molar-refractivity contribution in [2.24, 2.45) is 0 Å². The second-order valence-electron chi connectivity index (χ2n) is 6.46. The van der Waals surface area contributed by atoms with Crippen LogP contribution in [0, 0.1) is 0 Å². The van der Waals surface area contributed by atoms with Crippen LogP contribution in [0.2, 0.25) is 0 Å². The van der Waals surface area contributed by atoms with E-state index in [1.54, 1.807) is 7.11 Å². The molecule has 4 rings (SSSR count). The minimum absolute atomic E-state index is 0.149. The van der Waals surface area contributed by atoms with Gasteiger partial charge in [0, 0.05) is 16.8 Å². The first-order valence-electron chi connectivity index (χ1n) is 8.84. The zero-order chi connectivity index (χ0) is 18.1. The number of rotatable bonds is 4. The van der Waals surface area contributed by atoms with Gasteiger partial charge in [0.1, 0.15) is 11.4 Å². The molecule has 1 aliphatic carbocycles. The van der Waals surface area contributed by atoms with Crippen LogP contribution < -0.4 is 10.1 Å². The number of amides is 1. The lowest BCUT2D eigenvalue weighted by atomic mass is 9.89. The SMILES string of the molecule is CCc1cccc(NC(=O)c2[nH]nc3c2CCc2cc(OC)ccc2-3)c1. The Morgan fingerprint density at radius 1 is 1.23 bits per heavy atom. The predicted octanol–water partition coefficient (Wildman–Crippen LogP) is 4.00. The van der Waals surface area contributed by atoms with E-state index in [1.807, 2.05) is 36.4 Å². The van der Waals surface area contributed by atoms with Crippen molar-refractivity contribution in [1.29, 1.82) is 0 Å². The molecule has 3 aromatic rings. The summed E-state index contributed by atoms with van der Waals surface area (Å²) in [5.41, 5.74) is 6.65. The first-order chi connectivity index (χ1) is 12.7. The van der Waals surface area contributed by atoms with Crippen molar-refractivity contribution in [1.82, 2.24) is 10.2 Å². The number of H-pyrrole nitrogens is 1. The summed E-state index contributed by atoms with van der Waals surface area (Å²) < 4.78 is 5.30. The number of hydrogen-bond acceptors (Lipinski definition) is 3. The maximum atomic E-state index is 12.8. The highest BCUT2D eigenvalue weighted by atomic mass is 16.5. The van der Waals surface area contributed by atoms with Gasteiger partial charge in [-0.15, -0.1) is 0 Å². The summed E-state index contributed by atoms with van der Waals surface area (Å²) in [6.07, 6.45) is 2.58. The molecule has 26 heavy (non-hydrogen) atoms. The van der Waals surface area contributed by atoms with E-state index in [1.165, 1.54) is 11.1 Å². The maximum absolute atomic E-state index is 12.8. The number of carbonyl (C=O) groups is 1. The van der Waals surface area contributed by atoms with Crippen LogP contribution in [-0.2, 0) is 19.3 Å². The molecule has 132 valence electrons. The summed E-state index contributed by atoms with van der Waals surface area (Å²) in [5.74, 6) is 0.695. The van der Waals surface area contributed by atoms with Crippen LogP contribution in [0.3, 0.4) is 0 Å². The molecule has 0 spiro atoms. The third-order valence-corrected chi connectivity index (χ3v) is 4.90. The molecule has 0 fully saturated rings. The van der Waals surface area contributed by atoms with Crippen molar-refractivity contribution in [2.45, 2.75) is 26.2 Å². The number of anilines is 1. The summed E-state index contributed by atoms with van der Waals surface area (Å²) in [6, 6.07) is 13.9. The molecular weight excluding hydrogens is 326 g/mol. The lowest BCUT2D eigenvalue weighted by Gasteiger charge is -2.17. The molecular formula is C21H21N3O2. The normalized spacial score (nSPS) is 12.2. The Morgan fingerprint density at radius 3 is 2.92 bits per heavy atom. The number of nitrogens with zero attached hydrogens (tertiary/aromatic N) is 1. The summed E-state index contributed by atoms with van der Waals surface area (Å²) in [5, 5.41) is 10.3. The molecule has 0 unspecified atom stereocenters. The highest BCUT2D eigenvalue weighted by Crippen LogP contribution is 2.35. The Bertz CT molecular complexity index is 975. The van der Waals surface area contributed by atoms with Crippen LogP contribution in [0.25, 0.3) is 11.3 Å². The third-order valence-electron chi connectivity index (χ3n) is 4.90. The molecule has 0 atom stereocenters. The first-order valence-corrected chi connectivity index (χ1v) is 8.84. The molecule has 1 aromatic heterocycles. The Hall–Kier alpha value is -3.08. The Balaban J connectivity index is 1.63. The molecule has 1 amide bonds. The zero-order valence-corrected chi connectivity index (χ0v) is 14.9. The Kier molecular flexibility index (Phi) is 4.21. The van der Waals surface area contributed by atoms with E-state index in [9.17, 15) is 4.79 Å². The molecule has 1 aliphatic rings. The standard InChI is InChI=1S/C21H21N3O2/c1-3-13-5-4-6-15(11-13)22-21(25)20-18-9-7-14-12-16(26-2)8-10-17(14)19(18)23-24-20/h4-6,8,10-12H,3,7,9H2,1-2H3,(H,22,25)(H,23,24). The quantitative estimate of drug-likeness (QED) is 0.750. The highest BCUT2D eigenvalue weighted by Gasteiger charge is 2.25. The molecule has 0 saturated heterocycles. The van der Waals surface area contributed by atoms with Gasteiger partial charge >= 0.3 is 0 Å². The van der Waals surface area contributed by atoms with Crippen LogP contribution in [0.5, 0.6) is 5.75 Å². The van der Waals surface area contributed by atoms with Crippen molar-refractivity contribution < 1.29 is 9.53 Å². The Labute approximate surface area is 152 Å². The second kappa shape index (κ2) is 6.67. The number of hydrogen-bond donors (Lipinski definition) is 2. The van der Waals surface area contributed by atoms with Crippen LogP contribution in [0.1, 0.15) is 34.1 Å². The van der Waals surface area contributed by atoms with E-state index in [0.717, 1.165) is 47.5 Å². The molecule has 0 radical (unpaired) electrons. The number of aromatic amines is 1. The largest absolute Gasteiger partial charge is 0.497 e. The maximum Gasteiger partial charge on any atom is 0.273 e. The summed E-state index contributed by atoms with van der Waals surface area (Å²) in [4.78, 5) is 12.8. The first kappa shape index (κ1) is 16.4. The van der Waals surface area contributed by atoms with Gasteiger partial charge in [0.05, 0.1) is 12.8 Å². The smallest absolute Gasteiger partial charge is 0.273 e. The number of fused-ring (bicyclic) bond motifs is 3. The summed E-state index contributed by atoms with van der Waals surface area (Å²) >= 11 is 0. The predicted molar refractivity (Wildman–Crippen MR) is 102 cm³/mol. The van der Waals surface area contributed by atoms with E-state index < -0.39 is 0 Å². The molecule has 2 aromatic carbocycles. The Morgan fingerprint density at radius 2 is 2.12 bits per heavy atom. The van der Waals surface area contributed by atoms with Gasteiger partial charge in [-0.1, -0.05) is 19.1 Å². The lowest BCUT2D eigenvalue weighted by molar-refractivity contribution is 0.102. The summed E-state index contributed by atoms with van der Waals surface area (Å²) in [7, 11) is 1.67. The fourth-order valence-electron chi connectivity index (χ4n) is 3.48. The van der Waals surface area contributed by atoms with Gasteiger partial charge in [-0.3, -0.25) is 9.89 Å². The molecule has 2 N–H and O–H groups in total. The highest BCUT2D eigenvalue weighted by molar-refractivity contribution is 6.05. The van der Waals surface area contributed by atoms with Crippen molar-refractivity contribution in [3.05, 3.63) is 64.8 Å². The monoisotopic (exact) mass is 347 g/mol. The number of ether oxygens (including phenoxy) is 1. The van der Waals surface area contributed by atoms with Crippen molar-refractivity contribution >= 4 is 11.6 Å². The van der Waals surface area contributed by atoms with Gasteiger partial charge in [-0.05, 0) is 60.7 Å². The van der Waals surface area contributed by atoms with Crippen LogP contribution in [0.4, 0.5) is 5.69 Å². The van der Waals surface area contributed by atoms with Gasteiger partial charge in [-0.2, -0.15) is 5.10 Å². The van der Waals surface area contributed by atoms with E-state index >= 15 is 0 Å². The number of aromatic nitrogens is 2. The average molecular weight is 347 g/mol. The van der Waals surface area contributed by atoms with Crippen molar-refractivity contribution in [3.8, 4) is 17.0 Å². The van der Waals surface area contributed by atoms with E-state index in [2.05, 4.69) is 28.5 Å². The minimum atomic E-state index is -0.149. The number of aryl methyl sites for hydroxylation is 2. The fraction of sp³-hybridized carbons (Fsp3) is 0.238. The topological polar surface area (TPSA) is 67.0 Å². The van der Waals surface area contributed by atoms with Crippen molar-refractivity contribution in [2.75, 3.05) is 12.4 Å². The van der Waals surface area contributed by atoms with E-state index in [4.69, 9.17) is 4.74 Å². The minimum Gasteiger partial charge on any atom is -0.497 e. The number of methoxy groups -OCH3 is 1. The third kappa shape index (κ3) is 2.86. The van der Waals surface area contributed by atoms with Crippen LogP contribution in [0.15, 0.2) is 42.5 Å². The molecule has 0 bridgehead atoms. The number of nitrogens with one attached hydrogen (secondary N) is 2. The average Bonchev–Trinajstić information content (AvgIpc) is 3.12. The van der Waals surface area contributed by atoms with Gasteiger partial charge in [0.2, 0.25) is 0 Å². The number of carbonyl (C=O) groups excluding carboxylic acids is 1. The van der Waals surface area contributed by atoms with Gasteiger partial charge in [0.15, 0.2) is 0 Å². The van der Waals surface area contributed by atoms with Crippen LogP contribution >= 0.6 is 0 Å². The molecule has 5 nitrogen and oxygen atoms in total. The second-order valence-corrected chi connectivity index (χ2v) is 6.46. The van der Waals surface area contributed by atoms with Crippen LogP contribution in [-0.4, -0.2) is 23.2 Å². The molecule has 1 heterocycles. The summed E-state index contributed by atoms with van der Waals surface area (Å²) in [6.45, 7) is 2.10. The fourth-order valence-corrected chi connectivity index (χ4v) is 3.48. The van der Waals surface area contributed by atoms with Gasteiger partial charge in [0.25, 0.3) is 5.91 Å². The molecule has 0 aliphatic heterocycles. The molecule has 5 heteroatoms. The lowest BCUT2D eigenvalue weighted by Crippen LogP contribution is -2.16. The van der Waals surface area contributed by atoms with Crippen molar-refractivity contribution in [3.63, 3.8) is 0 Å². The number of benzene rings is 2. The van der Waals surface area contributed by atoms with E-state index in [-0.39, 0.29) is 5.91 Å².